The Morgan fingerprint density at radius 3 is 1.47 bits per heavy atom. The van der Waals surface area contributed by atoms with Crippen LogP contribution in [0.2, 0.25) is 0 Å². The van der Waals surface area contributed by atoms with Gasteiger partial charge in [-0.1, -0.05) is 202 Å². The number of benzene rings is 11. The zero-order chi connectivity index (χ0) is 46.6. The Balaban J connectivity index is 0.972. The molecule has 0 heterocycles. The molecule has 0 amide bonds. The van der Waals surface area contributed by atoms with Gasteiger partial charge in [-0.15, -0.1) is 0 Å². The Hall–Kier alpha value is -8.72. The summed E-state index contributed by atoms with van der Waals surface area (Å²) in [7, 11) is 0. The number of fused-ring (bicyclic) bond motifs is 14. The van der Waals surface area contributed by atoms with Crippen molar-refractivity contribution in [1.82, 2.24) is 0 Å². The molecule has 3 aliphatic rings. The highest BCUT2D eigenvalue weighted by Crippen LogP contribution is 2.65. The summed E-state index contributed by atoms with van der Waals surface area (Å²) in [6.07, 6.45) is 0. The molecule has 0 N–H and O–H groups in total. The second kappa shape index (κ2) is 15.4. The van der Waals surface area contributed by atoms with Crippen molar-refractivity contribution in [2.75, 3.05) is 9.80 Å². The van der Waals surface area contributed by atoms with Crippen LogP contribution in [-0.2, 0) is 10.8 Å². The average Bonchev–Trinajstić information content (AvgIpc) is 3.98. The van der Waals surface area contributed by atoms with Gasteiger partial charge < -0.3 is 9.80 Å². The zero-order valence-electron chi connectivity index (χ0n) is 39.1. The Morgan fingerprint density at radius 1 is 0.286 bits per heavy atom. The monoisotopic (exact) mass is 892 g/mol. The maximum atomic E-state index is 2.51. The van der Waals surface area contributed by atoms with Gasteiger partial charge in [0.05, 0.1) is 11.1 Å². The molecule has 0 bridgehead atoms. The minimum atomic E-state index is -0.575. The van der Waals surface area contributed by atoms with Crippen molar-refractivity contribution in [2.45, 2.75) is 24.7 Å². The molecule has 1 unspecified atom stereocenters. The van der Waals surface area contributed by atoms with E-state index in [9.17, 15) is 0 Å². The molecule has 1 atom stereocenters. The SMILES string of the molecule is CC1(C)c2ccccc2-c2ccc(N(c3ccccc3)c3cccc4c3-c3ccccc3C43c4ccccc4-c4ccc(N(c5ccccc5)c5ccc(-c6cccc7ccccc67)cc5)cc43)cc21. The Morgan fingerprint density at radius 2 is 0.743 bits per heavy atom. The lowest BCUT2D eigenvalue weighted by molar-refractivity contribution is 0.660. The van der Waals surface area contributed by atoms with Gasteiger partial charge in [-0.3, -0.25) is 0 Å². The van der Waals surface area contributed by atoms with Crippen LogP contribution in [-0.4, -0.2) is 0 Å². The van der Waals surface area contributed by atoms with E-state index in [1.807, 2.05) is 0 Å². The van der Waals surface area contributed by atoms with E-state index in [1.54, 1.807) is 0 Å². The fourth-order valence-electron chi connectivity index (χ4n) is 12.6. The van der Waals surface area contributed by atoms with Gasteiger partial charge in [0.15, 0.2) is 0 Å². The molecule has 0 radical (unpaired) electrons. The van der Waals surface area contributed by atoms with E-state index < -0.39 is 5.41 Å². The predicted octanol–water partition coefficient (Wildman–Crippen LogP) is 18.1. The third-order valence-corrected chi connectivity index (χ3v) is 15.7. The molecule has 2 heteroatoms. The molecule has 1 spiro atoms. The number of hydrogen-bond acceptors (Lipinski definition) is 2. The van der Waals surface area contributed by atoms with E-state index in [0.717, 1.165) is 28.4 Å². The first kappa shape index (κ1) is 40.4. The second-order valence-corrected chi connectivity index (χ2v) is 19.6. The Kier molecular flexibility index (Phi) is 8.88. The van der Waals surface area contributed by atoms with Crippen molar-refractivity contribution < 1.29 is 0 Å². The van der Waals surface area contributed by atoms with Crippen LogP contribution in [0.1, 0.15) is 47.2 Å². The molecular formula is C68H48N2. The standard InChI is InChI=1S/C68H48N2/c1-67(2)59-30-14-11-26-54(59)56-41-40-51(43-63(56)67)70(48-23-7-4-8-24-48)65-34-18-33-62-66(65)58-28-13-16-32-61(58)68(62)60-31-15-12-27-55(60)57-42-39-50(44-64(57)68)69(47-21-5-3-6-22-47)49-37-35-46(36-38-49)53-29-17-20-45-19-9-10-25-52(45)53/h3-44H,1-2H3. The van der Waals surface area contributed by atoms with E-state index >= 15 is 0 Å². The summed E-state index contributed by atoms with van der Waals surface area (Å²) in [6.45, 7) is 4.75. The molecule has 0 fully saturated rings. The van der Waals surface area contributed by atoms with E-state index in [4.69, 9.17) is 0 Å². The van der Waals surface area contributed by atoms with Crippen LogP contribution in [0.3, 0.4) is 0 Å². The lowest BCUT2D eigenvalue weighted by Crippen LogP contribution is -2.26. The fraction of sp³-hybridized carbons (Fsp3) is 0.0588. The summed E-state index contributed by atoms with van der Waals surface area (Å²) >= 11 is 0. The quantitative estimate of drug-likeness (QED) is 0.157. The number of rotatable bonds is 7. The first-order chi connectivity index (χ1) is 34.5. The Bertz CT molecular complexity index is 3860. The minimum absolute atomic E-state index is 0.138. The van der Waals surface area contributed by atoms with Gasteiger partial charge >= 0.3 is 0 Å². The van der Waals surface area contributed by atoms with Gasteiger partial charge in [-0.25, -0.2) is 0 Å². The van der Waals surface area contributed by atoms with Crippen LogP contribution in [0.25, 0.3) is 55.3 Å². The average molecular weight is 893 g/mol. The van der Waals surface area contributed by atoms with Crippen molar-refractivity contribution in [3.63, 3.8) is 0 Å². The predicted molar refractivity (Wildman–Crippen MR) is 293 cm³/mol. The smallest absolute Gasteiger partial charge is 0.0727 e. The van der Waals surface area contributed by atoms with Crippen molar-refractivity contribution in [3.8, 4) is 44.5 Å². The summed E-state index contributed by atoms with van der Waals surface area (Å²) in [5, 5.41) is 2.51. The van der Waals surface area contributed by atoms with Gasteiger partial charge in [0, 0.05) is 39.4 Å². The van der Waals surface area contributed by atoms with Crippen LogP contribution in [0, 0.1) is 0 Å². The van der Waals surface area contributed by atoms with Gasteiger partial charge in [0.2, 0.25) is 0 Å². The van der Waals surface area contributed by atoms with Crippen molar-refractivity contribution in [3.05, 3.63) is 288 Å². The lowest BCUT2D eigenvalue weighted by Gasteiger charge is -2.33. The highest BCUT2D eigenvalue weighted by atomic mass is 15.2. The Labute approximate surface area is 410 Å². The molecular weight excluding hydrogens is 845 g/mol. The summed E-state index contributed by atoms with van der Waals surface area (Å²) in [6, 6.07) is 94.8. The van der Waals surface area contributed by atoms with Gasteiger partial charge in [0.1, 0.15) is 0 Å². The fourth-order valence-corrected chi connectivity index (χ4v) is 12.6. The molecule has 0 saturated heterocycles. The van der Waals surface area contributed by atoms with E-state index in [2.05, 4.69) is 278 Å². The molecule has 330 valence electrons. The molecule has 2 nitrogen and oxygen atoms in total. The number of hydrogen-bond donors (Lipinski definition) is 0. The number of para-hydroxylation sites is 2. The van der Waals surface area contributed by atoms with Crippen LogP contribution in [0.5, 0.6) is 0 Å². The molecule has 11 aromatic rings. The molecule has 0 saturated carbocycles. The molecule has 70 heavy (non-hydrogen) atoms. The molecule has 0 aliphatic heterocycles. The minimum Gasteiger partial charge on any atom is -0.310 e. The van der Waals surface area contributed by atoms with Crippen molar-refractivity contribution in [1.29, 1.82) is 0 Å². The van der Waals surface area contributed by atoms with Gasteiger partial charge in [0.25, 0.3) is 0 Å². The highest BCUT2D eigenvalue weighted by Gasteiger charge is 2.53. The van der Waals surface area contributed by atoms with Crippen molar-refractivity contribution >= 4 is 44.9 Å². The van der Waals surface area contributed by atoms with Crippen LogP contribution in [0.15, 0.2) is 255 Å². The summed E-state index contributed by atoms with van der Waals surface area (Å²) in [4.78, 5) is 4.93. The summed E-state index contributed by atoms with van der Waals surface area (Å²) in [5.74, 6) is 0. The van der Waals surface area contributed by atoms with Gasteiger partial charge in [-0.2, -0.15) is 0 Å². The van der Waals surface area contributed by atoms with Crippen LogP contribution < -0.4 is 9.80 Å². The third-order valence-electron chi connectivity index (χ3n) is 15.7. The number of nitrogens with zero attached hydrogens (tertiary/aromatic N) is 2. The number of anilines is 6. The van der Waals surface area contributed by atoms with Crippen molar-refractivity contribution in [2.24, 2.45) is 0 Å². The van der Waals surface area contributed by atoms with E-state index in [-0.39, 0.29) is 5.41 Å². The highest BCUT2D eigenvalue weighted by molar-refractivity contribution is 6.02. The molecule has 0 aromatic heterocycles. The molecule has 11 aromatic carbocycles. The maximum absolute atomic E-state index is 2.51. The summed E-state index contributed by atoms with van der Waals surface area (Å²) < 4.78 is 0. The van der Waals surface area contributed by atoms with Crippen LogP contribution >= 0.6 is 0 Å². The van der Waals surface area contributed by atoms with E-state index in [1.165, 1.54) is 94.3 Å². The second-order valence-electron chi connectivity index (χ2n) is 19.6. The lowest BCUT2D eigenvalue weighted by atomic mass is 9.70. The van der Waals surface area contributed by atoms with E-state index in [0.29, 0.717) is 0 Å². The molecule has 3 aliphatic carbocycles. The normalized spacial score (nSPS) is 15.2. The molecule has 14 rings (SSSR count). The first-order valence-corrected chi connectivity index (χ1v) is 24.5. The van der Waals surface area contributed by atoms with Crippen LogP contribution in [0.4, 0.5) is 34.1 Å². The largest absolute Gasteiger partial charge is 0.310 e. The third kappa shape index (κ3) is 5.74. The zero-order valence-corrected chi connectivity index (χ0v) is 39.1. The topological polar surface area (TPSA) is 6.48 Å². The summed E-state index contributed by atoms with van der Waals surface area (Å²) in [5.41, 5.74) is 24.2. The maximum Gasteiger partial charge on any atom is 0.0727 e. The van der Waals surface area contributed by atoms with Gasteiger partial charge in [-0.05, 0) is 150 Å². The first-order valence-electron chi connectivity index (χ1n) is 24.5.